The Hall–Kier alpha value is -0.420. The second-order valence-electron chi connectivity index (χ2n) is 10.1. The number of aliphatic hydroxyl groups is 1. The molecule has 0 aromatic heterocycles. The lowest BCUT2D eigenvalue weighted by Crippen LogP contribution is -2.59. The predicted molar refractivity (Wildman–Crippen MR) is 87.0 cm³/mol. The Kier molecular flexibility index (Phi) is 2.33. The summed E-state index contributed by atoms with van der Waals surface area (Å²) in [5, 5.41) is 10.3. The quantitative estimate of drug-likeness (QED) is 0.547. The van der Waals surface area contributed by atoms with Gasteiger partial charge in [-0.25, -0.2) is 0 Å². The van der Waals surface area contributed by atoms with Gasteiger partial charge in [-0.2, -0.15) is 0 Å². The first-order valence-corrected chi connectivity index (χ1v) is 9.69. The molecule has 3 aliphatic heterocycles. The highest BCUT2D eigenvalue weighted by atomic mass is 16.8. The van der Waals surface area contributed by atoms with Gasteiger partial charge < -0.3 is 19.3 Å². The molecule has 2 saturated heterocycles. The Morgan fingerprint density at radius 1 is 1.04 bits per heavy atom. The number of hydrogen-bond acceptors (Lipinski definition) is 4. The zero-order valence-electron chi connectivity index (χ0n) is 15.1. The molecule has 0 aromatic rings. The number of ether oxygens (including phenoxy) is 3. The molecule has 4 heteroatoms. The molecule has 3 aliphatic carbocycles. The van der Waals surface area contributed by atoms with E-state index in [1.807, 2.05) is 6.92 Å². The average Bonchev–Trinajstić information content (AvgIpc) is 3.34. The van der Waals surface area contributed by atoms with Crippen molar-refractivity contribution in [1.29, 1.82) is 0 Å². The summed E-state index contributed by atoms with van der Waals surface area (Å²) in [5.74, 6) is 0.458. The standard InChI is InChI=1S/C20H28O4/c1-10-12-14-19(22-14)9-6-11-17(2,3)7-5-8-18(11,4)13(19)15-20(12,23-15)24-16(10)21/h11,13-16,21H,5-9H2,1-4H3. The van der Waals surface area contributed by atoms with Crippen LogP contribution in [-0.2, 0) is 14.2 Å². The normalized spacial score (nSPS) is 62.1. The summed E-state index contributed by atoms with van der Waals surface area (Å²) in [4.78, 5) is 0. The van der Waals surface area contributed by atoms with Gasteiger partial charge in [-0.3, -0.25) is 0 Å². The molecule has 0 aromatic carbocycles. The molecule has 3 saturated carbocycles. The van der Waals surface area contributed by atoms with E-state index in [1.165, 1.54) is 25.7 Å². The smallest absolute Gasteiger partial charge is 0.224 e. The third kappa shape index (κ3) is 1.34. The second kappa shape index (κ2) is 3.80. The molecule has 3 heterocycles. The van der Waals surface area contributed by atoms with Crippen molar-refractivity contribution in [3.63, 3.8) is 0 Å². The van der Waals surface area contributed by atoms with Crippen molar-refractivity contribution in [1.82, 2.24) is 0 Å². The largest absolute Gasteiger partial charge is 0.364 e. The summed E-state index contributed by atoms with van der Waals surface area (Å²) >= 11 is 0. The summed E-state index contributed by atoms with van der Waals surface area (Å²) in [7, 11) is 0. The summed E-state index contributed by atoms with van der Waals surface area (Å²) in [6.45, 7) is 9.37. The lowest BCUT2D eigenvalue weighted by Gasteiger charge is -2.59. The molecule has 0 radical (unpaired) electrons. The van der Waals surface area contributed by atoms with Crippen molar-refractivity contribution >= 4 is 0 Å². The van der Waals surface area contributed by atoms with E-state index in [4.69, 9.17) is 14.2 Å². The lowest BCUT2D eigenvalue weighted by molar-refractivity contribution is -0.135. The molecule has 4 nitrogen and oxygen atoms in total. The first-order valence-electron chi connectivity index (χ1n) is 9.69. The van der Waals surface area contributed by atoms with Crippen LogP contribution in [0, 0.1) is 22.7 Å². The number of rotatable bonds is 0. The van der Waals surface area contributed by atoms with E-state index < -0.39 is 12.1 Å². The third-order valence-corrected chi connectivity index (χ3v) is 8.70. The third-order valence-electron chi connectivity index (χ3n) is 8.70. The molecule has 8 atom stereocenters. The molecule has 24 heavy (non-hydrogen) atoms. The highest BCUT2D eigenvalue weighted by molar-refractivity contribution is 5.49. The van der Waals surface area contributed by atoms with Gasteiger partial charge in [-0.1, -0.05) is 27.2 Å². The van der Waals surface area contributed by atoms with E-state index >= 15 is 0 Å². The fourth-order valence-corrected chi connectivity index (χ4v) is 7.73. The molecule has 5 fully saturated rings. The zero-order chi connectivity index (χ0) is 16.7. The molecule has 0 amide bonds. The first-order chi connectivity index (χ1) is 11.3. The molecule has 0 bridgehead atoms. The van der Waals surface area contributed by atoms with Crippen LogP contribution in [0.4, 0.5) is 0 Å². The van der Waals surface area contributed by atoms with Crippen LogP contribution in [0.5, 0.6) is 0 Å². The number of fused-ring (bicyclic) bond motifs is 4. The second-order valence-corrected chi connectivity index (χ2v) is 10.1. The van der Waals surface area contributed by atoms with Gasteiger partial charge in [0.15, 0.2) is 6.29 Å². The molecular weight excluding hydrogens is 304 g/mol. The van der Waals surface area contributed by atoms with E-state index in [0.29, 0.717) is 11.3 Å². The number of epoxide rings is 2. The van der Waals surface area contributed by atoms with Gasteiger partial charge in [-0.15, -0.1) is 0 Å². The van der Waals surface area contributed by atoms with Crippen molar-refractivity contribution < 1.29 is 19.3 Å². The van der Waals surface area contributed by atoms with Crippen LogP contribution in [0.25, 0.3) is 0 Å². The summed E-state index contributed by atoms with van der Waals surface area (Å²) in [6.07, 6.45) is 5.63. The molecule has 6 rings (SSSR count). The highest BCUT2D eigenvalue weighted by Gasteiger charge is 2.87. The van der Waals surface area contributed by atoms with Crippen molar-refractivity contribution in [2.75, 3.05) is 0 Å². The maximum absolute atomic E-state index is 10.3. The average molecular weight is 332 g/mol. The van der Waals surface area contributed by atoms with Crippen LogP contribution in [0.1, 0.15) is 59.8 Å². The van der Waals surface area contributed by atoms with Crippen LogP contribution >= 0.6 is 0 Å². The van der Waals surface area contributed by atoms with Crippen LogP contribution in [0.2, 0.25) is 0 Å². The maximum atomic E-state index is 10.3. The SMILES string of the molecule is CC1=C2C3OC34CCC3C(C)(C)CCCC3(C)C4C3OC23OC1O. The Balaban J connectivity index is 1.48. The number of hydrogen-bond donors (Lipinski definition) is 1. The number of aliphatic hydroxyl groups excluding tert-OH is 1. The van der Waals surface area contributed by atoms with Crippen molar-refractivity contribution in [3.05, 3.63) is 11.1 Å². The minimum absolute atomic E-state index is 0.0483. The molecule has 1 N–H and O–H groups in total. The first kappa shape index (κ1) is 14.7. The fourth-order valence-electron chi connectivity index (χ4n) is 7.73. The van der Waals surface area contributed by atoms with Gasteiger partial charge in [-0.05, 0) is 54.9 Å². The Bertz CT molecular complexity index is 683. The molecule has 6 aliphatic rings. The van der Waals surface area contributed by atoms with Crippen LogP contribution in [0.15, 0.2) is 11.1 Å². The van der Waals surface area contributed by atoms with Crippen LogP contribution in [-0.4, -0.2) is 35.0 Å². The Morgan fingerprint density at radius 3 is 2.62 bits per heavy atom. The van der Waals surface area contributed by atoms with E-state index in [1.54, 1.807) is 0 Å². The van der Waals surface area contributed by atoms with E-state index in [-0.39, 0.29) is 23.2 Å². The van der Waals surface area contributed by atoms with Crippen molar-refractivity contribution in [2.24, 2.45) is 22.7 Å². The summed E-state index contributed by atoms with van der Waals surface area (Å²) in [6, 6.07) is 0. The van der Waals surface area contributed by atoms with Crippen LogP contribution < -0.4 is 0 Å². The minimum atomic E-state index is -0.821. The molecule has 132 valence electrons. The van der Waals surface area contributed by atoms with Gasteiger partial charge in [0.05, 0.1) is 0 Å². The van der Waals surface area contributed by atoms with Crippen molar-refractivity contribution in [3.8, 4) is 0 Å². The Morgan fingerprint density at radius 2 is 1.83 bits per heavy atom. The van der Waals surface area contributed by atoms with Gasteiger partial charge in [0.2, 0.25) is 5.79 Å². The van der Waals surface area contributed by atoms with Gasteiger partial charge in [0.25, 0.3) is 0 Å². The predicted octanol–water partition coefficient (Wildman–Crippen LogP) is 3.14. The maximum Gasteiger partial charge on any atom is 0.224 e. The summed E-state index contributed by atoms with van der Waals surface area (Å²) in [5.41, 5.74) is 2.64. The zero-order valence-corrected chi connectivity index (χ0v) is 15.1. The lowest BCUT2D eigenvalue weighted by atomic mass is 9.44. The van der Waals surface area contributed by atoms with Crippen molar-refractivity contribution in [2.45, 2.75) is 89.7 Å². The van der Waals surface area contributed by atoms with Gasteiger partial charge >= 0.3 is 0 Å². The van der Waals surface area contributed by atoms with Gasteiger partial charge in [0, 0.05) is 11.5 Å². The summed E-state index contributed by atoms with van der Waals surface area (Å²) < 4.78 is 18.6. The van der Waals surface area contributed by atoms with E-state index in [0.717, 1.165) is 23.5 Å². The minimum Gasteiger partial charge on any atom is -0.364 e. The molecule has 8 unspecified atom stereocenters. The van der Waals surface area contributed by atoms with E-state index in [2.05, 4.69) is 20.8 Å². The topological polar surface area (TPSA) is 54.5 Å². The molecular formula is C20H28O4. The fraction of sp³-hybridized carbons (Fsp3) is 0.900. The van der Waals surface area contributed by atoms with E-state index in [9.17, 15) is 5.11 Å². The molecule has 2 spiro atoms. The Labute approximate surface area is 143 Å². The van der Waals surface area contributed by atoms with Gasteiger partial charge in [0.1, 0.15) is 17.8 Å². The highest BCUT2D eigenvalue weighted by Crippen LogP contribution is 2.78. The van der Waals surface area contributed by atoms with Crippen LogP contribution in [0.3, 0.4) is 0 Å². The monoisotopic (exact) mass is 332 g/mol.